The molecule has 0 aliphatic carbocycles. The van der Waals surface area contributed by atoms with Gasteiger partial charge in [-0.05, 0) is 38.4 Å². The first kappa shape index (κ1) is 14.8. The SMILES string of the molecule is CCCNCc1cc(OC(C)CC)c2ccccc2n1. The van der Waals surface area contributed by atoms with Gasteiger partial charge in [-0.15, -0.1) is 0 Å². The number of hydrogen-bond donors (Lipinski definition) is 1. The van der Waals surface area contributed by atoms with Gasteiger partial charge in [-0.1, -0.05) is 26.0 Å². The van der Waals surface area contributed by atoms with E-state index in [1.54, 1.807) is 0 Å². The topological polar surface area (TPSA) is 34.1 Å². The van der Waals surface area contributed by atoms with Gasteiger partial charge in [0.25, 0.3) is 0 Å². The summed E-state index contributed by atoms with van der Waals surface area (Å²) in [7, 11) is 0. The third-order valence-electron chi connectivity index (χ3n) is 3.37. The average Bonchev–Trinajstić information content (AvgIpc) is 2.47. The summed E-state index contributed by atoms with van der Waals surface area (Å²) in [6.07, 6.45) is 2.35. The summed E-state index contributed by atoms with van der Waals surface area (Å²) < 4.78 is 6.06. The van der Waals surface area contributed by atoms with Gasteiger partial charge in [-0.25, -0.2) is 0 Å². The van der Waals surface area contributed by atoms with Crippen LogP contribution in [-0.2, 0) is 6.54 Å². The highest BCUT2D eigenvalue weighted by atomic mass is 16.5. The summed E-state index contributed by atoms with van der Waals surface area (Å²) in [6, 6.07) is 10.2. The van der Waals surface area contributed by atoms with E-state index in [1.807, 2.05) is 18.2 Å². The minimum absolute atomic E-state index is 0.220. The van der Waals surface area contributed by atoms with Crippen LogP contribution in [0.2, 0.25) is 0 Å². The fraction of sp³-hybridized carbons (Fsp3) is 0.471. The lowest BCUT2D eigenvalue weighted by molar-refractivity contribution is 0.220. The fourth-order valence-corrected chi connectivity index (χ4v) is 2.08. The van der Waals surface area contributed by atoms with E-state index in [2.05, 4.69) is 38.2 Å². The Bertz CT molecular complexity index is 554. The molecule has 0 saturated heterocycles. The Balaban J connectivity index is 2.31. The van der Waals surface area contributed by atoms with E-state index in [1.165, 1.54) is 0 Å². The predicted molar refractivity (Wildman–Crippen MR) is 84.1 cm³/mol. The standard InChI is InChI=1S/C17H24N2O/c1-4-10-18-12-14-11-17(20-13(3)5-2)15-8-6-7-9-16(15)19-14/h6-9,11,13,18H,4-5,10,12H2,1-3H3. The number of pyridine rings is 1. The van der Waals surface area contributed by atoms with E-state index in [9.17, 15) is 0 Å². The van der Waals surface area contributed by atoms with Crippen LogP contribution in [0.3, 0.4) is 0 Å². The Kier molecular flexibility index (Phi) is 5.36. The highest BCUT2D eigenvalue weighted by Gasteiger charge is 2.09. The molecule has 0 amide bonds. The maximum Gasteiger partial charge on any atom is 0.130 e. The molecule has 1 N–H and O–H groups in total. The molecule has 2 aromatic rings. The van der Waals surface area contributed by atoms with Crippen molar-refractivity contribution in [2.24, 2.45) is 0 Å². The zero-order valence-corrected chi connectivity index (χ0v) is 12.6. The lowest BCUT2D eigenvalue weighted by Crippen LogP contribution is -2.15. The number of nitrogens with zero attached hydrogens (tertiary/aromatic N) is 1. The molecule has 108 valence electrons. The third kappa shape index (κ3) is 3.70. The molecule has 2 rings (SSSR count). The molecule has 1 atom stereocenters. The predicted octanol–water partition coefficient (Wildman–Crippen LogP) is 3.91. The molecule has 1 aromatic carbocycles. The van der Waals surface area contributed by atoms with Gasteiger partial charge in [-0.2, -0.15) is 0 Å². The maximum absolute atomic E-state index is 6.06. The van der Waals surface area contributed by atoms with Crippen molar-refractivity contribution < 1.29 is 4.74 Å². The van der Waals surface area contributed by atoms with Crippen molar-refractivity contribution in [3.63, 3.8) is 0 Å². The molecule has 1 unspecified atom stereocenters. The summed E-state index contributed by atoms with van der Waals surface area (Å²) in [5, 5.41) is 4.48. The molecule has 20 heavy (non-hydrogen) atoms. The van der Waals surface area contributed by atoms with Crippen LogP contribution < -0.4 is 10.1 Å². The quantitative estimate of drug-likeness (QED) is 0.776. The van der Waals surface area contributed by atoms with Crippen molar-refractivity contribution in [2.75, 3.05) is 6.54 Å². The maximum atomic E-state index is 6.06. The highest BCUT2D eigenvalue weighted by Crippen LogP contribution is 2.26. The average molecular weight is 272 g/mol. The van der Waals surface area contributed by atoms with Gasteiger partial charge in [0.15, 0.2) is 0 Å². The molecule has 0 aliphatic heterocycles. The van der Waals surface area contributed by atoms with E-state index >= 15 is 0 Å². The van der Waals surface area contributed by atoms with Gasteiger partial charge < -0.3 is 10.1 Å². The molecular weight excluding hydrogens is 248 g/mol. The van der Waals surface area contributed by atoms with Crippen molar-refractivity contribution in [3.05, 3.63) is 36.0 Å². The number of para-hydroxylation sites is 1. The molecular formula is C17H24N2O. The summed E-state index contributed by atoms with van der Waals surface area (Å²) in [5.41, 5.74) is 2.04. The molecule has 0 radical (unpaired) electrons. The molecule has 3 nitrogen and oxygen atoms in total. The molecule has 3 heteroatoms. The van der Waals surface area contributed by atoms with Gasteiger partial charge >= 0.3 is 0 Å². The van der Waals surface area contributed by atoms with Crippen molar-refractivity contribution >= 4 is 10.9 Å². The molecule has 0 aliphatic rings. The summed E-state index contributed by atoms with van der Waals surface area (Å²) >= 11 is 0. The molecule has 1 aromatic heterocycles. The number of fused-ring (bicyclic) bond motifs is 1. The van der Waals surface area contributed by atoms with Gasteiger partial charge in [0.2, 0.25) is 0 Å². The zero-order chi connectivity index (χ0) is 14.4. The minimum atomic E-state index is 0.220. The van der Waals surface area contributed by atoms with Crippen LogP contribution in [-0.4, -0.2) is 17.6 Å². The summed E-state index contributed by atoms with van der Waals surface area (Å²) in [4.78, 5) is 4.70. The normalized spacial score (nSPS) is 12.6. The molecule has 0 bridgehead atoms. The van der Waals surface area contributed by atoms with Crippen LogP contribution in [0.5, 0.6) is 5.75 Å². The lowest BCUT2D eigenvalue weighted by atomic mass is 10.1. The van der Waals surface area contributed by atoms with Crippen molar-refractivity contribution in [1.82, 2.24) is 10.3 Å². The Labute approximate surface area is 121 Å². The second-order valence-corrected chi connectivity index (χ2v) is 5.14. The summed E-state index contributed by atoms with van der Waals surface area (Å²) in [6.45, 7) is 8.20. The molecule has 0 fully saturated rings. The van der Waals surface area contributed by atoms with E-state index in [0.717, 1.165) is 48.3 Å². The van der Waals surface area contributed by atoms with Gasteiger partial charge in [0.05, 0.1) is 17.3 Å². The molecule has 1 heterocycles. The van der Waals surface area contributed by atoms with Crippen LogP contribution in [0, 0.1) is 0 Å². The Morgan fingerprint density at radius 3 is 2.80 bits per heavy atom. The van der Waals surface area contributed by atoms with Gasteiger partial charge in [0, 0.05) is 18.0 Å². The van der Waals surface area contributed by atoms with Crippen LogP contribution in [0.25, 0.3) is 10.9 Å². The number of ether oxygens (including phenoxy) is 1. The highest BCUT2D eigenvalue weighted by molar-refractivity contribution is 5.85. The second-order valence-electron chi connectivity index (χ2n) is 5.14. The Hall–Kier alpha value is -1.61. The molecule has 0 spiro atoms. The first-order valence-corrected chi connectivity index (χ1v) is 7.50. The Morgan fingerprint density at radius 1 is 1.25 bits per heavy atom. The molecule has 0 saturated carbocycles. The summed E-state index contributed by atoms with van der Waals surface area (Å²) in [5.74, 6) is 0.943. The second kappa shape index (κ2) is 7.25. The third-order valence-corrected chi connectivity index (χ3v) is 3.37. The number of benzene rings is 1. The lowest BCUT2D eigenvalue weighted by Gasteiger charge is -2.16. The van der Waals surface area contributed by atoms with Crippen LogP contribution in [0.15, 0.2) is 30.3 Å². The number of rotatable bonds is 7. The largest absolute Gasteiger partial charge is 0.490 e. The smallest absolute Gasteiger partial charge is 0.130 e. The van der Waals surface area contributed by atoms with Gasteiger partial charge in [0.1, 0.15) is 5.75 Å². The monoisotopic (exact) mass is 272 g/mol. The van der Waals surface area contributed by atoms with Crippen LogP contribution in [0.4, 0.5) is 0 Å². The van der Waals surface area contributed by atoms with Crippen LogP contribution in [0.1, 0.15) is 39.3 Å². The Morgan fingerprint density at radius 2 is 2.05 bits per heavy atom. The van der Waals surface area contributed by atoms with E-state index in [0.29, 0.717) is 0 Å². The minimum Gasteiger partial charge on any atom is -0.490 e. The van der Waals surface area contributed by atoms with E-state index in [-0.39, 0.29) is 6.10 Å². The van der Waals surface area contributed by atoms with Gasteiger partial charge in [-0.3, -0.25) is 4.98 Å². The van der Waals surface area contributed by atoms with Crippen molar-refractivity contribution in [3.8, 4) is 5.75 Å². The van der Waals surface area contributed by atoms with Crippen molar-refractivity contribution in [2.45, 2.75) is 46.3 Å². The first-order valence-electron chi connectivity index (χ1n) is 7.50. The van der Waals surface area contributed by atoms with Crippen LogP contribution >= 0.6 is 0 Å². The van der Waals surface area contributed by atoms with Crippen molar-refractivity contribution in [1.29, 1.82) is 0 Å². The van der Waals surface area contributed by atoms with E-state index in [4.69, 9.17) is 9.72 Å². The fourth-order valence-electron chi connectivity index (χ4n) is 2.08. The zero-order valence-electron chi connectivity index (χ0n) is 12.6. The first-order chi connectivity index (χ1) is 9.74. The number of aromatic nitrogens is 1. The number of hydrogen-bond acceptors (Lipinski definition) is 3. The number of nitrogens with one attached hydrogen (secondary N) is 1. The van der Waals surface area contributed by atoms with E-state index < -0.39 is 0 Å².